The van der Waals surface area contributed by atoms with Gasteiger partial charge in [0, 0.05) is 10.9 Å². The summed E-state index contributed by atoms with van der Waals surface area (Å²) in [6.07, 6.45) is 0.227. The van der Waals surface area contributed by atoms with E-state index in [1.807, 2.05) is 29.6 Å². The highest BCUT2D eigenvalue weighted by Gasteiger charge is 2.11. The van der Waals surface area contributed by atoms with Crippen molar-refractivity contribution in [2.75, 3.05) is 19.5 Å². The topological polar surface area (TPSA) is 60.5 Å². The van der Waals surface area contributed by atoms with Gasteiger partial charge in [-0.1, -0.05) is 42.5 Å². The minimum atomic E-state index is -0.128. The van der Waals surface area contributed by atoms with Crippen molar-refractivity contribution in [1.29, 1.82) is 0 Å². The number of carbonyl (C=O) groups is 1. The molecule has 0 saturated heterocycles. The summed E-state index contributed by atoms with van der Waals surface area (Å²) in [6, 6.07) is 19.9. The molecule has 0 aliphatic rings. The molecule has 0 aliphatic carbocycles. The van der Waals surface area contributed by atoms with Crippen LogP contribution in [0.4, 0.5) is 5.13 Å². The Bertz CT molecular complexity index is 1170. The monoisotopic (exact) mass is 404 g/mol. The standard InChI is InChI=1S/C23H20N2O3S/c1-27-20-10-7-15(11-21(20)28-2)12-22(26)25-23-24-19(14-29-23)18-9-8-16-5-3-4-6-17(16)13-18/h3-11,13-14H,12H2,1-2H3,(H,24,25,26). The lowest BCUT2D eigenvalue weighted by atomic mass is 10.1. The van der Waals surface area contributed by atoms with Crippen LogP contribution < -0.4 is 14.8 Å². The van der Waals surface area contributed by atoms with E-state index < -0.39 is 0 Å². The molecule has 6 heteroatoms. The van der Waals surface area contributed by atoms with Crippen molar-refractivity contribution in [2.24, 2.45) is 0 Å². The van der Waals surface area contributed by atoms with E-state index in [0.29, 0.717) is 16.6 Å². The Morgan fingerprint density at radius 2 is 1.76 bits per heavy atom. The number of hydrogen-bond donors (Lipinski definition) is 1. The molecule has 29 heavy (non-hydrogen) atoms. The molecule has 4 rings (SSSR count). The van der Waals surface area contributed by atoms with Gasteiger partial charge in [0.1, 0.15) is 0 Å². The molecule has 0 fully saturated rings. The van der Waals surface area contributed by atoms with E-state index >= 15 is 0 Å². The maximum absolute atomic E-state index is 12.4. The van der Waals surface area contributed by atoms with E-state index in [0.717, 1.165) is 22.2 Å². The first-order valence-corrected chi connectivity index (χ1v) is 9.99. The summed E-state index contributed by atoms with van der Waals surface area (Å²) in [5, 5.41) is 7.77. The lowest BCUT2D eigenvalue weighted by Gasteiger charge is -2.09. The normalized spacial score (nSPS) is 10.7. The molecule has 0 saturated carbocycles. The fourth-order valence-electron chi connectivity index (χ4n) is 3.15. The van der Waals surface area contributed by atoms with Crippen LogP contribution in [0.15, 0.2) is 66.0 Å². The molecular weight excluding hydrogens is 384 g/mol. The Labute approximate surface area is 172 Å². The zero-order chi connectivity index (χ0) is 20.2. The molecule has 1 heterocycles. The van der Waals surface area contributed by atoms with Crippen molar-refractivity contribution >= 4 is 33.1 Å². The minimum Gasteiger partial charge on any atom is -0.493 e. The lowest BCUT2D eigenvalue weighted by molar-refractivity contribution is -0.115. The molecule has 4 aromatic rings. The van der Waals surface area contributed by atoms with Crippen LogP contribution in [0, 0.1) is 0 Å². The van der Waals surface area contributed by atoms with Gasteiger partial charge in [-0.3, -0.25) is 4.79 Å². The molecule has 1 amide bonds. The molecule has 3 aromatic carbocycles. The highest BCUT2D eigenvalue weighted by atomic mass is 32.1. The lowest BCUT2D eigenvalue weighted by Crippen LogP contribution is -2.14. The summed E-state index contributed by atoms with van der Waals surface area (Å²) >= 11 is 1.41. The van der Waals surface area contributed by atoms with E-state index in [4.69, 9.17) is 9.47 Å². The molecule has 0 bridgehead atoms. The zero-order valence-electron chi connectivity index (χ0n) is 16.1. The largest absolute Gasteiger partial charge is 0.493 e. The van der Waals surface area contributed by atoms with Crippen molar-refractivity contribution in [3.05, 3.63) is 71.6 Å². The highest BCUT2D eigenvalue weighted by Crippen LogP contribution is 2.29. The van der Waals surface area contributed by atoms with Gasteiger partial charge in [-0.15, -0.1) is 11.3 Å². The third kappa shape index (κ3) is 4.22. The Morgan fingerprint density at radius 3 is 2.55 bits per heavy atom. The van der Waals surface area contributed by atoms with Crippen LogP contribution in [-0.2, 0) is 11.2 Å². The second-order valence-corrected chi connectivity index (χ2v) is 7.37. The Balaban J connectivity index is 1.46. The number of benzene rings is 3. The van der Waals surface area contributed by atoms with Crippen LogP contribution in [-0.4, -0.2) is 25.1 Å². The third-order valence-corrected chi connectivity index (χ3v) is 5.37. The van der Waals surface area contributed by atoms with Gasteiger partial charge in [0.05, 0.1) is 26.3 Å². The molecule has 5 nitrogen and oxygen atoms in total. The summed E-state index contributed by atoms with van der Waals surface area (Å²) in [7, 11) is 3.16. The van der Waals surface area contributed by atoms with Gasteiger partial charge >= 0.3 is 0 Å². The van der Waals surface area contributed by atoms with Gasteiger partial charge in [-0.2, -0.15) is 0 Å². The number of rotatable bonds is 6. The number of fused-ring (bicyclic) bond motifs is 1. The number of methoxy groups -OCH3 is 2. The van der Waals surface area contributed by atoms with Crippen LogP contribution in [0.5, 0.6) is 11.5 Å². The minimum absolute atomic E-state index is 0.128. The first-order chi connectivity index (χ1) is 14.2. The summed E-state index contributed by atoms with van der Waals surface area (Å²) in [5.41, 5.74) is 2.72. The number of nitrogens with zero attached hydrogens (tertiary/aromatic N) is 1. The van der Waals surface area contributed by atoms with Crippen molar-refractivity contribution in [1.82, 2.24) is 4.98 Å². The fourth-order valence-corrected chi connectivity index (χ4v) is 3.89. The Kier molecular flexibility index (Phi) is 5.44. The number of nitrogens with one attached hydrogen (secondary N) is 1. The number of anilines is 1. The fraction of sp³-hybridized carbons (Fsp3) is 0.130. The number of hydrogen-bond acceptors (Lipinski definition) is 5. The summed E-state index contributed by atoms with van der Waals surface area (Å²) < 4.78 is 10.5. The molecule has 1 aromatic heterocycles. The van der Waals surface area contributed by atoms with Crippen LogP contribution in [0.2, 0.25) is 0 Å². The number of thiazole rings is 1. The molecule has 0 atom stereocenters. The third-order valence-electron chi connectivity index (χ3n) is 4.61. The summed E-state index contributed by atoms with van der Waals surface area (Å²) in [6.45, 7) is 0. The van der Waals surface area contributed by atoms with Crippen molar-refractivity contribution in [3.63, 3.8) is 0 Å². The second-order valence-electron chi connectivity index (χ2n) is 6.51. The van der Waals surface area contributed by atoms with E-state index in [1.165, 1.54) is 16.7 Å². The van der Waals surface area contributed by atoms with Crippen LogP contribution in [0.25, 0.3) is 22.0 Å². The molecular formula is C23H20N2O3S. The van der Waals surface area contributed by atoms with Gasteiger partial charge in [0.25, 0.3) is 0 Å². The maximum Gasteiger partial charge on any atom is 0.230 e. The van der Waals surface area contributed by atoms with Crippen molar-refractivity contribution in [3.8, 4) is 22.8 Å². The maximum atomic E-state index is 12.4. The predicted molar refractivity (Wildman–Crippen MR) is 117 cm³/mol. The number of carbonyl (C=O) groups excluding carboxylic acids is 1. The quantitative estimate of drug-likeness (QED) is 0.482. The first kappa shape index (κ1) is 19.0. The molecule has 0 spiro atoms. The van der Waals surface area contributed by atoms with Crippen LogP contribution >= 0.6 is 11.3 Å². The molecule has 1 N–H and O–H groups in total. The van der Waals surface area contributed by atoms with Gasteiger partial charge < -0.3 is 14.8 Å². The van der Waals surface area contributed by atoms with Gasteiger partial charge in [-0.25, -0.2) is 4.98 Å². The predicted octanol–water partition coefficient (Wildman–Crippen LogP) is 5.16. The molecule has 0 aliphatic heterocycles. The number of amides is 1. The van der Waals surface area contributed by atoms with E-state index in [9.17, 15) is 4.79 Å². The smallest absolute Gasteiger partial charge is 0.230 e. The van der Waals surface area contributed by atoms with Crippen LogP contribution in [0.3, 0.4) is 0 Å². The summed E-state index contributed by atoms with van der Waals surface area (Å²) in [4.78, 5) is 17.0. The second kappa shape index (κ2) is 8.32. The molecule has 146 valence electrons. The molecule has 0 radical (unpaired) electrons. The summed E-state index contributed by atoms with van der Waals surface area (Å²) in [5.74, 6) is 1.11. The van der Waals surface area contributed by atoms with E-state index in [-0.39, 0.29) is 12.3 Å². The average molecular weight is 404 g/mol. The first-order valence-electron chi connectivity index (χ1n) is 9.12. The van der Waals surface area contributed by atoms with E-state index in [2.05, 4.69) is 34.6 Å². The van der Waals surface area contributed by atoms with E-state index in [1.54, 1.807) is 26.4 Å². The Morgan fingerprint density at radius 1 is 0.966 bits per heavy atom. The molecule has 0 unspecified atom stereocenters. The Hall–Kier alpha value is -3.38. The van der Waals surface area contributed by atoms with Gasteiger partial charge in [0.2, 0.25) is 5.91 Å². The van der Waals surface area contributed by atoms with Crippen molar-refractivity contribution < 1.29 is 14.3 Å². The highest BCUT2D eigenvalue weighted by molar-refractivity contribution is 7.14. The average Bonchev–Trinajstić information content (AvgIpc) is 3.21. The number of ether oxygens (including phenoxy) is 2. The van der Waals surface area contributed by atoms with Crippen LogP contribution in [0.1, 0.15) is 5.56 Å². The number of aromatic nitrogens is 1. The van der Waals surface area contributed by atoms with Crippen molar-refractivity contribution in [2.45, 2.75) is 6.42 Å². The SMILES string of the molecule is COc1ccc(CC(=O)Nc2nc(-c3ccc4ccccc4c3)cs2)cc1OC. The van der Waals surface area contributed by atoms with Gasteiger partial charge in [-0.05, 0) is 34.5 Å². The van der Waals surface area contributed by atoms with Gasteiger partial charge in [0.15, 0.2) is 16.6 Å². The zero-order valence-corrected chi connectivity index (χ0v) is 17.0.